The van der Waals surface area contributed by atoms with Crippen molar-refractivity contribution in [3.05, 3.63) is 80.9 Å². The van der Waals surface area contributed by atoms with Crippen molar-refractivity contribution in [1.29, 1.82) is 0 Å². The van der Waals surface area contributed by atoms with Crippen molar-refractivity contribution in [2.75, 3.05) is 6.54 Å². The summed E-state index contributed by atoms with van der Waals surface area (Å²) in [5, 5.41) is 0.822. The van der Waals surface area contributed by atoms with Crippen molar-refractivity contribution in [2.45, 2.75) is 38.3 Å². The Balaban J connectivity index is 1.42. The average molecular weight is 457 g/mol. The van der Waals surface area contributed by atoms with Gasteiger partial charge in [0, 0.05) is 34.3 Å². The summed E-state index contributed by atoms with van der Waals surface area (Å²) in [6, 6.07) is 14.6. The van der Waals surface area contributed by atoms with Gasteiger partial charge in [0.1, 0.15) is 5.75 Å². The summed E-state index contributed by atoms with van der Waals surface area (Å²) >= 11 is 9.99. The van der Waals surface area contributed by atoms with Gasteiger partial charge in [-0.15, -0.1) is 0 Å². The molecular formula is C24H23BrClNO. The van der Waals surface area contributed by atoms with Crippen molar-refractivity contribution < 1.29 is 4.74 Å². The first-order valence-electron chi connectivity index (χ1n) is 10.0. The Hall–Kier alpha value is -1.71. The largest absolute Gasteiger partial charge is 0.490 e. The Morgan fingerprint density at radius 2 is 1.89 bits per heavy atom. The molecule has 2 aromatic rings. The Labute approximate surface area is 180 Å². The van der Waals surface area contributed by atoms with Crippen molar-refractivity contribution in [3.8, 4) is 5.75 Å². The molecule has 0 atom stereocenters. The van der Waals surface area contributed by atoms with E-state index in [9.17, 15) is 0 Å². The molecule has 1 heterocycles. The molecule has 0 bridgehead atoms. The molecule has 2 fully saturated rings. The molecule has 0 radical (unpaired) electrons. The van der Waals surface area contributed by atoms with Crippen molar-refractivity contribution >= 4 is 33.1 Å². The molecule has 5 rings (SSSR count). The van der Waals surface area contributed by atoms with E-state index in [1.807, 2.05) is 12.1 Å². The molecule has 0 N–H and O–H groups in total. The van der Waals surface area contributed by atoms with Crippen molar-refractivity contribution in [2.24, 2.45) is 5.92 Å². The topological polar surface area (TPSA) is 12.5 Å². The maximum Gasteiger partial charge on any atom is 0.127 e. The average Bonchev–Trinajstić information content (AvgIpc) is 3.60. The number of para-hydroxylation sites is 1. The minimum Gasteiger partial charge on any atom is -0.490 e. The van der Waals surface area contributed by atoms with Gasteiger partial charge in [-0.05, 0) is 72.6 Å². The number of allylic oxidation sites excluding steroid dienone is 2. The molecule has 2 aliphatic carbocycles. The van der Waals surface area contributed by atoms with Gasteiger partial charge in [-0.3, -0.25) is 0 Å². The van der Waals surface area contributed by atoms with Gasteiger partial charge in [-0.1, -0.05) is 51.8 Å². The molecule has 0 spiro atoms. The van der Waals surface area contributed by atoms with Crippen LogP contribution in [-0.2, 0) is 6.54 Å². The summed E-state index contributed by atoms with van der Waals surface area (Å²) in [6.45, 7) is 1.70. The van der Waals surface area contributed by atoms with Crippen molar-refractivity contribution in [3.63, 3.8) is 0 Å². The predicted molar refractivity (Wildman–Crippen MR) is 118 cm³/mol. The first-order chi connectivity index (χ1) is 13.7. The highest BCUT2D eigenvalue weighted by Gasteiger charge is 2.32. The highest BCUT2D eigenvalue weighted by Crippen LogP contribution is 2.46. The fourth-order valence-corrected chi connectivity index (χ4v) is 4.37. The van der Waals surface area contributed by atoms with Crippen LogP contribution in [-0.4, -0.2) is 17.5 Å². The third-order valence-electron chi connectivity index (χ3n) is 5.56. The van der Waals surface area contributed by atoms with E-state index < -0.39 is 0 Å². The first kappa shape index (κ1) is 18.3. The third kappa shape index (κ3) is 4.01. The number of ether oxygens (including phenoxy) is 1. The Morgan fingerprint density at radius 3 is 2.68 bits per heavy atom. The van der Waals surface area contributed by atoms with Gasteiger partial charge in [-0.2, -0.15) is 0 Å². The second-order valence-corrected chi connectivity index (χ2v) is 9.28. The summed E-state index contributed by atoms with van der Waals surface area (Å²) < 4.78 is 7.27. The smallest absolute Gasteiger partial charge is 0.127 e. The van der Waals surface area contributed by atoms with E-state index in [-0.39, 0.29) is 0 Å². The minimum absolute atomic E-state index is 0.411. The van der Waals surface area contributed by atoms with Crippen molar-refractivity contribution in [1.82, 2.24) is 4.90 Å². The Morgan fingerprint density at radius 1 is 1.07 bits per heavy atom. The highest BCUT2D eigenvalue weighted by atomic mass is 79.9. The zero-order valence-electron chi connectivity index (χ0n) is 15.7. The van der Waals surface area contributed by atoms with Gasteiger partial charge < -0.3 is 9.64 Å². The summed E-state index contributed by atoms with van der Waals surface area (Å²) in [5.74, 6) is 1.70. The number of halogens is 2. The van der Waals surface area contributed by atoms with Crippen LogP contribution in [0.3, 0.4) is 0 Å². The molecule has 2 aromatic carbocycles. The Bertz CT molecular complexity index is 959. The normalized spacial score (nSPS) is 19.3. The van der Waals surface area contributed by atoms with E-state index in [0.29, 0.717) is 12.0 Å². The number of nitrogens with zero attached hydrogens (tertiary/aromatic N) is 1. The van der Waals surface area contributed by atoms with Crippen LogP contribution < -0.4 is 4.74 Å². The molecule has 28 heavy (non-hydrogen) atoms. The maximum absolute atomic E-state index is 6.43. The minimum atomic E-state index is 0.411. The third-order valence-corrected chi connectivity index (χ3v) is 6.42. The number of hydrogen-bond acceptors (Lipinski definition) is 2. The van der Waals surface area contributed by atoms with Crippen LogP contribution in [0, 0.1) is 5.92 Å². The lowest BCUT2D eigenvalue weighted by Crippen LogP contribution is -2.22. The van der Waals surface area contributed by atoms with Crippen LogP contribution in [0.15, 0.2) is 64.8 Å². The molecule has 2 nitrogen and oxygen atoms in total. The van der Waals surface area contributed by atoms with Crippen LogP contribution >= 0.6 is 27.5 Å². The Kier molecular flexibility index (Phi) is 4.98. The number of hydrogen-bond donors (Lipinski definition) is 0. The molecule has 0 amide bonds. The van der Waals surface area contributed by atoms with Gasteiger partial charge in [0.05, 0.1) is 6.10 Å². The van der Waals surface area contributed by atoms with Gasteiger partial charge in [0.15, 0.2) is 0 Å². The molecule has 0 unspecified atom stereocenters. The van der Waals surface area contributed by atoms with E-state index in [1.54, 1.807) is 0 Å². The molecule has 144 valence electrons. The van der Waals surface area contributed by atoms with Crippen LogP contribution in [0.4, 0.5) is 0 Å². The SMILES string of the molecule is Clc1ccc(Br)cc1CN1C=C(C2CC2)C(c2ccccc2OC2CC2)=CC1. The fourth-order valence-electron chi connectivity index (χ4n) is 3.78. The summed E-state index contributed by atoms with van der Waals surface area (Å²) in [4.78, 5) is 2.37. The second-order valence-electron chi connectivity index (χ2n) is 7.96. The number of benzene rings is 2. The number of rotatable bonds is 6. The summed E-state index contributed by atoms with van der Waals surface area (Å²) in [6.07, 6.45) is 10.1. The lowest BCUT2D eigenvalue weighted by atomic mass is 9.92. The monoisotopic (exact) mass is 455 g/mol. The predicted octanol–water partition coefficient (Wildman–Crippen LogP) is 6.84. The zero-order chi connectivity index (χ0) is 19.1. The molecule has 1 aliphatic heterocycles. The van der Waals surface area contributed by atoms with Gasteiger partial charge in [0.25, 0.3) is 0 Å². The lowest BCUT2D eigenvalue weighted by molar-refractivity contribution is 0.302. The van der Waals surface area contributed by atoms with Crippen LogP contribution in [0.2, 0.25) is 5.02 Å². The van der Waals surface area contributed by atoms with Gasteiger partial charge >= 0.3 is 0 Å². The second kappa shape index (κ2) is 7.61. The van der Waals surface area contributed by atoms with Crippen LogP contribution in [0.25, 0.3) is 5.57 Å². The van der Waals surface area contributed by atoms with E-state index >= 15 is 0 Å². The van der Waals surface area contributed by atoms with Crippen LogP contribution in [0.5, 0.6) is 5.75 Å². The molecule has 2 saturated carbocycles. The van der Waals surface area contributed by atoms with E-state index in [0.717, 1.165) is 33.9 Å². The first-order valence-corrected chi connectivity index (χ1v) is 11.2. The lowest BCUT2D eigenvalue weighted by Gasteiger charge is -2.28. The van der Waals surface area contributed by atoms with Gasteiger partial charge in [0.2, 0.25) is 0 Å². The zero-order valence-corrected chi connectivity index (χ0v) is 18.0. The summed E-state index contributed by atoms with van der Waals surface area (Å²) in [7, 11) is 0. The summed E-state index contributed by atoms with van der Waals surface area (Å²) in [5.41, 5.74) is 5.20. The maximum atomic E-state index is 6.43. The van der Waals surface area contributed by atoms with E-state index in [1.165, 1.54) is 42.4 Å². The van der Waals surface area contributed by atoms with E-state index in [4.69, 9.17) is 16.3 Å². The molecular weight excluding hydrogens is 434 g/mol. The van der Waals surface area contributed by atoms with E-state index in [2.05, 4.69) is 63.4 Å². The highest BCUT2D eigenvalue weighted by molar-refractivity contribution is 9.10. The quantitative estimate of drug-likeness (QED) is 0.472. The molecule has 3 aliphatic rings. The fraction of sp³-hybridized carbons (Fsp3) is 0.333. The molecule has 0 aromatic heterocycles. The molecule has 0 saturated heterocycles. The standard InChI is InChI=1S/C24H23BrClNO/c25-18-7-10-23(26)17(13-18)14-27-12-11-20(22(15-27)16-5-6-16)21-3-1-2-4-24(21)28-19-8-9-19/h1-4,7,10-11,13,15-16,19H,5-6,8-9,12,14H2. The van der Waals surface area contributed by atoms with Gasteiger partial charge in [-0.25, -0.2) is 0 Å². The van der Waals surface area contributed by atoms with Crippen LogP contribution in [0.1, 0.15) is 36.8 Å². The molecule has 4 heteroatoms.